The van der Waals surface area contributed by atoms with Crippen molar-refractivity contribution < 1.29 is 19.0 Å². The third-order valence-electron chi connectivity index (χ3n) is 2.92. The Labute approximate surface area is 138 Å². The SMILES string of the molecule is Cc1cc(F)ccc1COc1c(Br)cc(C(=O)O)cc1Br. The minimum Gasteiger partial charge on any atom is -0.487 e. The molecule has 110 valence electrons. The summed E-state index contributed by atoms with van der Waals surface area (Å²) < 4.78 is 19.8. The van der Waals surface area contributed by atoms with Crippen LogP contribution in [-0.4, -0.2) is 11.1 Å². The van der Waals surface area contributed by atoms with Gasteiger partial charge in [-0.05, 0) is 74.2 Å². The molecular formula is C15H11Br2FO3. The van der Waals surface area contributed by atoms with Crippen molar-refractivity contribution in [1.82, 2.24) is 0 Å². The van der Waals surface area contributed by atoms with Crippen LogP contribution in [0.5, 0.6) is 5.75 Å². The quantitative estimate of drug-likeness (QED) is 0.766. The summed E-state index contributed by atoms with van der Waals surface area (Å²) in [7, 11) is 0. The second kappa shape index (κ2) is 6.58. The lowest BCUT2D eigenvalue weighted by molar-refractivity contribution is 0.0696. The van der Waals surface area contributed by atoms with E-state index in [0.29, 0.717) is 14.7 Å². The van der Waals surface area contributed by atoms with Gasteiger partial charge in [0.05, 0.1) is 14.5 Å². The number of aromatic carboxylic acids is 1. The second-order valence-electron chi connectivity index (χ2n) is 4.43. The number of hydrogen-bond acceptors (Lipinski definition) is 2. The number of ether oxygens (including phenoxy) is 1. The van der Waals surface area contributed by atoms with Crippen molar-refractivity contribution in [1.29, 1.82) is 0 Å². The van der Waals surface area contributed by atoms with Gasteiger partial charge in [-0.15, -0.1) is 0 Å². The summed E-state index contributed by atoms with van der Waals surface area (Å²) in [6.45, 7) is 2.06. The number of rotatable bonds is 4. The molecule has 0 heterocycles. The van der Waals surface area contributed by atoms with Crippen molar-refractivity contribution in [3.8, 4) is 5.75 Å². The molecule has 6 heteroatoms. The van der Waals surface area contributed by atoms with Crippen LogP contribution in [0.4, 0.5) is 4.39 Å². The maximum Gasteiger partial charge on any atom is 0.335 e. The van der Waals surface area contributed by atoms with Gasteiger partial charge in [-0.25, -0.2) is 9.18 Å². The first-order chi connectivity index (χ1) is 9.88. The highest BCUT2D eigenvalue weighted by molar-refractivity contribution is 9.11. The van der Waals surface area contributed by atoms with Gasteiger partial charge < -0.3 is 9.84 Å². The number of carbonyl (C=O) groups is 1. The van der Waals surface area contributed by atoms with E-state index in [-0.39, 0.29) is 18.0 Å². The highest BCUT2D eigenvalue weighted by Gasteiger charge is 2.13. The van der Waals surface area contributed by atoms with E-state index in [9.17, 15) is 9.18 Å². The van der Waals surface area contributed by atoms with E-state index in [2.05, 4.69) is 31.9 Å². The molecule has 0 fully saturated rings. The third-order valence-corrected chi connectivity index (χ3v) is 4.10. The van der Waals surface area contributed by atoms with Gasteiger partial charge in [-0.3, -0.25) is 0 Å². The lowest BCUT2D eigenvalue weighted by Gasteiger charge is -2.12. The van der Waals surface area contributed by atoms with Gasteiger partial charge in [0, 0.05) is 0 Å². The van der Waals surface area contributed by atoms with Crippen molar-refractivity contribution in [2.45, 2.75) is 13.5 Å². The van der Waals surface area contributed by atoms with Crippen molar-refractivity contribution in [2.75, 3.05) is 0 Å². The molecule has 0 bridgehead atoms. The molecule has 0 radical (unpaired) electrons. The van der Waals surface area contributed by atoms with Gasteiger partial charge >= 0.3 is 5.97 Å². The number of halogens is 3. The van der Waals surface area contributed by atoms with E-state index >= 15 is 0 Å². The molecule has 21 heavy (non-hydrogen) atoms. The van der Waals surface area contributed by atoms with Crippen LogP contribution in [0.2, 0.25) is 0 Å². The van der Waals surface area contributed by atoms with Crippen molar-refractivity contribution in [3.63, 3.8) is 0 Å². The zero-order chi connectivity index (χ0) is 15.6. The molecule has 2 rings (SSSR count). The maximum absolute atomic E-state index is 13.0. The fourth-order valence-corrected chi connectivity index (χ4v) is 3.21. The first-order valence-corrected chi connectivity index (χ1v) is 7.57. The van der Waals surface area contributed by atoms with Crippen LogP contribution >= 0.6 is 31.9 Å². The van der Waals surface area contributed by atoms with Crippen LogP contribution in [0, 0.1) is 12.7 Å². The number of carboxylic acid groups (broad SMARTS) is 1. The van der Waals surface area contributed by atoms with Crippen LogP contribution in [-0.2, 0) is 6.61 Å². The van der Waals surface area contributed by atoms with Gasteiger partial charge in [0.25, 0.3) is 0 Å². The molecule has 0 aliphatic rings. The molecular weight excluding hydrogens is 407 g/mol. The van der Waals surface area contributed by atoms with Crippen LogP contribution in [0.15, 0.2) is 39.3 Å². The Morgan fingerprint density at radius 2 is 1.86 bits per heavy atom. The Bertz CT molecular complexity index is 678. The van der Waals surface area contributed by atoms with Gasteiger partial charge in [-0.2, -0.15) is 0 Å². The van der Waals surface area contributed by atoms with E-state index in [0.717, 1.165) is 11.1 Å². The Hall–Kier alpha value is -1.40. The normalized spacial score (nSPS) is 10.5. The summed E-state index contributed by atoms with van der Waals surface area (Å²) >= 11 is 6.58. The summed E-state index contributed by atoms with van der Waals surface area (Å²) in [4.78, 5) is 11.0. The van der Waals surface area contributed by atoms with Gasteiger partial charge in [0.1, 0.15) is 18.2 Å². The van der Waals surface area contributed by atoms with Gasteiger partial charge in [0.2, 0.25) is 0 Å². The zero-order valence-corrected chi connectivity index (χ0v) is 14.2. The average molecular weight is 418 g/mol. The monoisotopic (exact) mass is 416 g/mol. The van der Waals surface area contributed by atoms with Crippen LogP contribution in [0.1, 0.15) is 21.5 Å². The molecule has 0 aromatic heterocycles. The molecule has 2 aromatic carbocycles. The van der Waals surface area contributed by atoms with Gasteiger partial charge in [-0.1, -0.05) is 6.07 Å². The predicted molar refractivity (Wildman–Crippen MR) is 84.3 cm³/mol. The molecule has 0 aliphatic heterocycles. The Balaban J connectivity index is 2.22. The van der Waals surface area contributed by atoms with Crippen molar-refractivity contribution in [2.24, 2.45) is 0 Å². The van der Waals surface area contributed by atoms with Crippen molar-refractivity contribution >= 4 is 37.8 Å². The molecule has 0 aliphatic carbocycles. The molecule has 0 amide bonds. The van der Waals surface area contributed by atoms with E-state index in [1.54, 1.807) is 13.0 Å². The number of hydrogen-bond donors (Lipinski definition) is 1. The second-order valence-corrected chi connectivity index (χ2v) is 6.14. The Kier molecular flexibility index (Phi) is 5.00. The third kappa shape index (κ3) is 3.83. The topological polar surface area (TPSA) is 46.5 Å². The van der Waals surface area contributed by atoms with Crippen LogP contribution in [0.3, 0.4) is 0 Å². The molecule has 0 atom stereocenters. The highest BCUT2D eigenvalue weighted by Crippen LogP contribution is 2.35. The average Bonchev–Trinajstić information content (AvgIpc) is 2.39. The number of aryl methyl sites for hydroxylation is 1. The Morgan fingerprint density at radius 1 is 1.24 bits per heavy atom. The van der Waals surface area contributed by atoms with E-state index < -0.39 is 5.97 Å². The summed E-state index contributed by atoms with van der Waals surface area (Å²) in [6, 6.07) is 7.43. The highest BCUT2D eigenvalue weighted by atomic mass is 79.9. The van der Waals surface area contributed by atoms with Crippen LogP contribution in [0.25, 0.3) is 0 Å². The standard InChI is InChI=1S/C15H11Br2FO3/c1-8-4-11(18)3-2-9(8)7-21-14-12(16)5-10(15(19)20)6-13(14)17/h2-6H,7H2,1H3,(H,19,20). The smallest absolute Gasteiger partial charge is 0.335 e. The van der Waals surface area contributed by atoms with E-state index in [4.69, 9.17) is 9.84 Å². The molecule has 0 saturated heterocycles. The molecule has 1 N–H and O–H groups in total. The van der Waals surface area contributed by atoms with E-state index in [1.165, 1.54) is 24.3 Å². The predicted octanol–water partition coefficient (Wildman–Crippen LogP) is 4.94. The summed E-state index contributed by atoms with van der Waals surface area (Å²) in [5.74, 6) is -0.800. The fraction of sp³-hybridized carbons (Fsp3) is 0.133. The van der Waals surface area contributed by atoms with E-state index in [1.807, 2.05) is 0 Å². The fourth-order valence-electron chi connectivity index (χ4n) is 1.79. The molecule has 0 spiro atoms. The first-order valence-electron chi connectivity index (χ1n) is 5.98. The zero-order valence-electron chi connectivity index (χ0n) is 11.0. The largest absolute Gasteiger partial charge is 0.487 e. The van der Waals surface area contributed by atoms with Gasteiger partial charge in [0.15, 0.2) is 0 Å². The summed E-state index contributed by atoms with van der Waals surface area (Å²) in [6.07, 6.45) is 0. The lowest BCUT2D eigenvalue weighted by atomic mass is 10.1. The minimum absolute atomic E-state index is 0.152. The molecule has 2 aromatic rings. The summed E-state index contributed by atoms with van der Waals surface area (Å²) in [5, 5.41) is 8.98. The lowest BCUT2D eigenvalue weighted by Crippen LogP contribution is -2.02. The maximum atomic E-state index is 13.0. The molecule has 0 saturated carbocycles. The summed E-state index contributed by atoms with van der Waals surface area (Å²) in [5.41, 5.74) is 1.81. The van der Waals surface area contributed by atoms with Crippen LogP contribution < -0.4 is 4.74 Å². The number of benzene rings is 2. The Morgan fingerprint density at radius 3 is 2.38 bits per heavy atom. The molecule has 0 unspecified atom stereocenters. The minimum atomic E-state index is -1.02. The van der Waals surface area contributed by atoms with Crippen molar-refractivity contribution in [3.05, 3.63) is 61.8 Å². The first kappa shape index (κ1) is 16.0. The number of carboxylic acids is 1. The molecule has 3 nitrogen and oxygen atoms in total.